The van der Waals surface area contributed by atoms with Gasteiger partial charge in [0.25, 0.3) is 0 Å². The first-order valence-corrected chi connectivity index (χ1v) is 11.0. The molecule has 2 aromatic carbocycles. The molecule has 0 radical (unpaired) electrons. The van der Waals surface area contributed by atoms with Crippen molar-refractivity contribution >= 4 is 33.1 Å². The lowest BCUT2D eigenvalue weighted by Crippen LogP contribution is -2.55. The number of carbonyl (C=O) groups excluding carboxylic acids is 1. The predicted octanol–water partition coefficient (Wildman–Crippen LogP) is 3.68. The Labute approximate surface area is 174 Å². The highest BCUT2D eigenvalue weighted by molar-refractivity contribution is 7.93. The molecule has 0 unspecified atom stereocenters. The molecular formula is C21H22ClFN2O3S. The maximum Gasteiger partial charge on any atom is 0.167 e. The molecule has 29 heavy (non-hydrogen) atoms. The van der Waals surface area contributed by atoms with Gasteiger partial charge in [-0.25, -0.2) is 12.8 Å². The summed E-state index contributed by atoms with van der Waals surface area (Å²) in [6, 6.07) is 10.7. The fraction of sp³-hybridized carbons (Fsp3) is 0.333. The molecule has 0 aliphatic carbocycles. The van der Waals surface area contributed by atoms with E-state index in [-0.39, 0.29) is 29.4 Å². The van der Waals surface area contributed by atoms with Crippen molar-refractivity contribution in [3.05, 3.63) is 70.0 Å². The van der Waals surface area contributed by atoms with Crippen LogP contribution < -0.4 is 5.73 Å². The van der Waals surface area contributed by atoms with Crippen LogP contribution in [0.2, 0.25) is 5.02 Å². The highest BCUT2D eigenvalue weighted by Crippen LogP contribution is 2.38. The van der Waals surface area contributed by atoms with Crippen LogP contribution in [0.1, 0.15) is 42.3 Å². The Balaban J connectivity index is 1.98. The number of rotatable bonds is 4. The maximum atomic E-state index is 14.7. The molecule has 0 bridgehead atoms. The molecule has 1 heterocycles. The lowest BCUT2D eigenvalue weighted by molar-refractivity contribution is 0.0993. The summed E-state index contributed by atoms with van der Waals surface area (Å²) >= 11 is 5.85. The van der Waals surface area contributed by atoms with Crippen molar-refractivity contribution in [2.75, 3.05) is 5.75 Å². The highest BCUT2D eigenvalue weighted by Gasteiger charge is 2.49. The van der Waals surface area contributed by atoms with Crippen molar-refractivity contribution in [3.63, 3.8) is 0 Å². The van der Waals surface area contributed by atoms with Gasteiger partial charge in [0.2, 0.25) is 0 Å². The first kappa shape index (κ1) is 21.5. The Bertz CT molecular complexity index is 1110. The van der Waals surface area contributed by atoms with Crippen molar-refractivity contribution < 1.29 is 17.6 Å². The predicted molar refractivity (Wildman–Crippen MR) is 113 cm³/mol. The average molecular weight is 437 g/mol. The van der Waals surface area contributed by atoms with Gasteiger partial charge in [-0.3, -0.25) is 9.79 Å². The monoisotopic (exact) mass is 436 g/mol. The zero-order valence-electron chi connectivity index (χ0n) is 16.4. The van der Waals surface area contributed by atoms with E-state index in [4.69, 9.17) is 17.3 Å². The molecule has 0 saturated carbocycles. The number of sulfone groups is 1. The number of halogens is 2. The summed E-state index contributed by atoms with van der Waals surface area (Å²) in [6.07, 6.45) is 0.0302. The van der Waals surface area contributed by atoms with Crippen LogP contribution in [0, 0.1) is 5.82 Å². The van der Waals surface area contributed by atoms with Gasteiger partial charge in [-0.05, 0) is 62.7 Å². The van der Waals surface area contributed by atoms with E-state index >= 15 is 0 Å². The van der Waals surface area contributed by atoms with Crippen LogP contribution in [0.5, 0.6) is 0 Å². The number of benzene rings is 2. The quantitative estimate of drug-likeness (QED) is 0.740. The Hall–Kier alpha value is -2.25. The third-order valence-electron chi connectivity index (χ3n) is 5.37. The summed E-state index contributed by atoms with van der Waals surface area (Å²) in [5, 5.41) is 0.524. The van der Waals surface area contributed by atoms with Crippen LogP contribution in [0.25, 0.3) is 0 Å². The fourth-order valence-corrected chi connectivity index (χ4v) is 5.11. The van der Waals surface area contributed by atoms with Crippen LogP contribution in [0.15, 0.2) is 47.5 Å². The lowest BCUT2D eigenvalue weighted by atomic mass is 9.90. The molecule has 0 fully saturated rings. The molecule has 1 aliphatic rings. The summed E-state index contributed by atoms with van der Waals surface area (Å²) in [4.78, 5) is 16.9. The second kappa shape index (κ2) is 7.22. The van der Waals surface area contributed by atoms with Gasteiger partial charge in [0.05, 0.1) is 5.75 Å². The third kappa shape index (κ3) is 3.94. The lowest BCUT2D eigenvalue weighted by Gasteiger charge is -2.38. The molecular weight excluding hydrogens is 415 g/mol. The molecule has 1 atom stereocenters. The summed E-state index contributed by atoms with van der Waals surface area (Å²) in [7, 11) is -3.67. The largest absolute Gasteiger partial charge is 0.386 e. The van der Waals surface area contributed by atoms with Crippen molar-refractivity contribution in [1.29, 1.82) is 0 Å². The van der Waals surface area contributed by atoms with E-state index in [9.17, 15) is 17.6 Å². The first-order valence-electron chi connectivity index (χ1n) is 9.01. The van der Waals surface area contributed by atoms with Crippen LogP contribution in [-0.4, -0.2) is 30.5 Å². The summed E-state index contributed by atoms with van der Waals surface area (Å²) < 4.78 is 38.8. The molecule has 5 nitrogen and oxygen atoms in total. The van der Waals surface area contributed by atoms with Gasteiger partial charge in [0.15, 0.2) is 15.6 Å². The summed E-state index contributed by atoms with van der Waals surface area (Å²) in [6.45, 7) is 4.51. The molecule has 0 spiro atoms. The Morgan fingerprint density at radius 3 is 2.38 bits per heavy atom. The van der Waals surface area contributed by atoms with Crippen LogP contribution in [-0.2, 0) is 21.8 Å². The van der Waals surface area contributed by atoms with E-state index in [1.165, 1.54) is 39.0 Å². The second-order valence-corrected chi connectivity index (χ2v) is 10.9. The minimum absolute atomic E-state index is 0.0302. The molecule has 2 N–H and O–H groups in total. The number of nitrogens with zero attached hydrogens (tertiary/aromatic N) is 1. The maximum absolute atomic E-state index is 14.7. The number of ketones is 1. The second-order valence-electron chi connectivity index (χ2n) is 7.96. The summed E-state index contributed by atoms with van der Waals surface area (Å²) in [5.74, 6) is -1.20. The molecule has 0 amide bonds. The molecule has 8 heteroatoms. The van der Waals surface area contributed by atoms with Crippen LogP contribution in [0.4, 0.5) is 4.39 Å². The Morgan fingerprint density at radius 2 is 1.79 bits per heavy atom. The Morgan fingerprint density at radius 1 is 1.17 bits per heavy atom. The van der Waals surface area contributed by atoms with Crippen molar-refractivity contribution in [1.82, 2.24) is 0 Å². The molecule has 154 valence electrons. The first-order chi connectivity index (χ1) is 13.4. The normalized spacial score (nSPS) is 22.7. The topological polar surface area (TPSA) is 89.6 Å². The molecule has 0 saturated heterocycles. The fourth-order valence-electron chi connectivity index (χ4n) is 3.30. The van der Waals surface area contributed by atoms with Gasteiger partial charge in [-0.1, -0.05) is 17.7 Å². The van der Waals surface area contributed by atoms with E-state index < -0.39 is 25.9 Å². The standard InChI is InChI=1S/C21H22ClFN2O3S/c1-20(2)19(24)25-21(3,12-29(20,27)28)16-10-13(4-9-17(16)23)11-18(26)14-5-7-15(22)8-6-14/h4-10H,11-12H2,1-3H3,(H2,24,25)/t21-/m0/s1. The minimum atomic E-state index is -3.67. The van der Waals surface area contributed by atoms with Gasteiger partial charge in [-0.15, -0.1) is 0 Å². The van der Waals surface area contributed by atoms with Crippen molar-refractivity contribution in [3.8, 4) is 0 Å². The highest BCUT2D eigenvalue weighted by atomic mass is 35.5. The molecule has 3 rings (SSSR count). The van der Waals surface area contributed by atoms with Gasteiger partial charge in [0.1, 0.15) is 21.9 Å². The number of carbonyl (C=O) groups is 1. The number of Topliss-reactive ketones (excluding diaryl/α,β-unsaturated/α-hetero) is 1. The third-order valence-corrected chi connectivity index (χ3v) is 8.33. The van der Waals surface area contributed by atoms with E-state index in [2.05, 4.69) is 4.99 Å². The zero-order valence-corrected chi connectivity index (χ0v) is 17.9. The van der Waals surface area contributed by atoms with Crippen molar-refractivity contribution in [2.45, 2.75) is 37.5 Å². The van der Waals surface area contributed by atoms with E-state index in [1.807, 2.05) is 0 Å². The van der Waals surface area contributed by atoms with Gasteiger partial charge < -0.3 is 5.73 Å². The molecule has 1 aliphatic heterocycles. The van der Waals surface area contributed by atoms with E-state index in [0.717, 1.165) is 0 Å². The van der Waals surface area contributed by atoms with Crippen molar-refractivity contribution in [2.24, 2.45) is 10.7 Å². The average Bonchev–Trinajstić information content (AvgIpc) is 2.62. The van der Waals surface area contributed by atoms with Crippen LogP contribution >= 0.6 is 11.6 Å². The molecule has 0 aromatic heterocycles. The summed E-state index contributed by atoms with van der Waals surface area (Å²) in [5.41, 5.74) is 5.70. The van der Waals surface area contributed by atoms with Gasteiger partial charge in [0, 0.05) is 22.6 Å². The number of hydrogen-bond acceptors (Lipinski definition) is 5. The zero-order chi connectivity index (χ0) is 21.6. The number of amidine groups is 1. The van der Waals surface area contributed by atoms with E-state index in [1.54, 1.807) is 24.3 Å². The van der Waals surface area contributed by atoms with Crippen LogP contribution in [0.3, 0.4) is 0 Å². The Kier molecular flexibility index (Phi) is 5.34. The van der Waals surface area contributed by atoms with Gasteiger partial charge in [-0.2, -0.15) is 0 Å². The number of hydrogen-bond donors (Lipinski definition) is 1. The smallest absolute Gasteiger partial charge is 0.167 e. The minimum Gasteiger partial charge on any atom is -0.386 e. The van der Waals surface area contributed by atoms with E-state index in [0.29, 0.717) is 16.1 Å². The molecule has 2 aromatic rings. The van der Waals surface area contributed by atoms with Gasteiger partial charge >= 0.3 is 0 Å². The SMILES string of the molecule is CC1(C)C(N)=N[C@](C)(c2cc(CC(=O)c3ccc(Cl)cc3)ccc2F)CS1(=O)=O. The number of aliphatic imine (C=N–C) groups is 1. The number of nitrogens with two attached hydrogens (primary N) is 1.